The van der Waals surface area contributed by atoms with Crippen molar-refractivity contribution in [1.29, 1.82) is 0 Å². The van der Waals surface area contributed by atoms with E-state index < -0.39 is 11.4 Å². The Morgan fingerprint density at radius 3 is 2.58 bits per heavy atom. The molecule has 0 atom stereocenters. The van der Waals surface area contributed by atoms with Gasteiger partial charge in [-0.2, -0.15) is 0 Å². The smallest absolute Gasteiger partial charge is 0.266 e. The fraction of sp³-hybridized carbons (Fsp3) is 0.375. The number of halogens is 1. The van der Waals surface area contributed by atoms with Gasteiger partial charge in [-0.3, -0.25) is 9.59 Å². The average molecular weight is 470 g/mol. The third-order valence-electron chi connectivity index (χ3n) is 6.10. The molecular formula is C24H28FN5O2S. The van der Waals surface area contributed by atoms with Crippen molar-refractivity contribution >= 4 is 29.0 Å². The SMILES string of the molecule is CCN1CCN(CCCNC(=O)c2ccc3c(=O)n(-c4ccccc4F)c(=S)[nH]c3c2)CC1. The van der Waals surface area contributed by atoms with Gasteiger partial charge in [0, 0.05) is 38.3 Å². The van der Waals surface area contributed by atoms with Crippen LogP contribution in [-0.4, -0.2) is 71.1 Å². The molecule has 1 saturated heterocycles. The summed E-state index contributed by atoms with van der Waals surface area (Å²) in [5.41, 5.74) is 0.532. The van der Waals surface area contributed by atoms with Crippen LogP contribution in [0.3, 0.4) is 0 Å². The number of piperazine rings is 1. The fourth-order valence-corrected chi connectivity index (χ4v) is 4.44. The highest BCUT2D eigenvalue weighted by molar-refractivity contribution is 7.71. The van der Waals surface area contributed by atoms with E-state index in [0.29, 0.717) is 23.0 Å². The van der Waals surface area contributed by atoms with Crippen LogP contribution >= 0.6 is 12.2 Å². The normalized spacial score (nSPS) is 15.1. The van der Waals surface area contributed by atoms with Crippen LogP contribution in [0.2, 0.25) is 0 Å². The van der Waals surface area contributed by atoms with Crippen molar-refractivity contribution in [3.8, 4) is 5.69 Å². The van der Waals surface area contributed by atoms with Gasteiger partial charge in [-0.05, 0) is 62.1 Å². The summed E-state index contributed by atoms with van der Waals surface area (Å²) in [4.78, 5) is 33.4. The Bertz CT molecular complexity index is 1260. The molecule has 174 valence electrons. The number of hydrogen-bond acceptors (Lipinski definition) is 5. The number of hydrogen-bond donors (Lipinski definition) is 2. The van der Waals surface area contributed by atoms with Crippen molar-refractivity contribution in [2.45, 2.75) is 13.3 Å². The molecule has 0 bridgehead atoms. The van der Waals surface area contributed by atoms with Gasteiger partial charge < -0.3 is 20.1 Å². The number of carbonyl (C=O) groups excluding carboxylic acids is 1. The number of amides is 1. The zero-order valence-corrected chi connectivity index (χ0v) is 19.5. The van der Waals surface area contributed by atoms with Crippen LogP contribution in [0.25, 0.3) is 16.6 Å². The van der Waals surface area contributed by atoms with Crippen LogP contribution < -0.4 is 10.9 Å². The standard InChI is InChI=1S/C24H28FN5O2S/c1-2-28-12-14-29(15-13-28)11-5-10-26-22(31)17-8-9-18-20(16-17)27-24(33)30(23(18)32)21-7-4-3-6-19(21)25/h3-4,6-9,16H,2,5,10-15H2,1H3,(H,26,31)(H,27,33). The Labute approximate surface area is 196 Å². The van der Waals surface area contributed by atoms with Crippen LogP contribution in [0.5, 0.6) is 0 Å². The molecule has 1 amide bonds. The zero-order valence-electron chi connectivity index (χ0n) is 18.6. The van der Waals surface area contributed by atoms with E-state index in [0.717, 1.165) is 50.3 Å². The van der Waals surface area contributed by atoms with Crippen molar-refractivity contribution in [2.75, 3.05) is 45.8 Å². The fourth-order valence-electron chi connectivity index (χ4n) is 4.15. The topological polar surface area (TPSA) is 73.4 Å². The van der Waals surface area contributed by atoms with Gasteiger partial charge in [0.2, 0.25) is 0 Å². The molecule has 4 rings (SSSR count). The van der Waals surface area contributed by atoms with Crippen LogP contribution in [0.4, 0.5) is 4.39 Å². The van der Waals surface area contributed by atoms with Crippen LogP contribution in [-0.2, 0) is 0 Å². The lowest BCUT2D eigenvalue weighted by Crippen LogP contribution is -2.46. The number of rotatable bonds is 7. The summed E-state index contributed by atoms with van der Waals surface area (Å²) in [7, 11) is 0. The quantitative estimate of drug-likeness (QED) is 0.411. The van der Waals surface area contributed by atoms with E-state index >= 15 is 0 Å². The Hall–Kier alpha value is -2.88. The number of carbonyl (C=O) groups is 1. The highest BCUT2D eigenvalue weighted by Crippen LogP contribution is 2.15. The first-order valence-electron chi connectivity index (χ1n) is 11.2. The number of nitrogens with one attached hydrogen (secondary N) is 2. The van der Waals surface area contributed by atoms with Gasteiger partial charge in [0.15, 0.2) is 4.77 Å². The van der Waals surface area contributed by atoms with Gasteiger partial charge in [0.05, 0.1) is 16.6 Å². The summed E-state index contributed by atoms with van der Waals surface area (Å²) < 4.78 is 15.4. The summed E-state index contributed by atoms with van der Waals surface area (Å²) in [5, 5.41) is 3.28. The van der Waals surface area contributed by atoms with Crippen molar-refractivity contribution in [1.82, 2.24) is 24.7 Å². The van der Waals surface area contributed by atoms with Crippen molar-refractivity contribution in [3.63, 3.8) is 0 Å². The van der Waals surface area contributed by atoms with Crippen LogP contribution in [0.15, 0.2) is 47.3 Å². The summed E-state index contributed by atoms with van der Waals surface area (Å²) in [6.45, 7) is 9.14. The van der Waals surface area contributed by atoms with Gasteiger partial charge in [0.25, 0.3) is 11.5 Å². The minimum atomic E-state index is -0.540. The van der Waals surface area contributed by atoms with Gasteiger partial charge in [0.1, 0.15) is 5.82 Å². The third kappa shape index (κ3) is 5.21. The van der Waals surface area contributed by atoms with Crippen molar-refractivity contribution in [2.24, 2.45) is 0 Å². The summed E-state index contributed by atoms with van der Waals surface area (Å²) in [6.07, 6.45) is 0.876. The number of likely N-dealkylation sites (N-methyl/N-ethyl adjacent to an activating group) is 1. The lowest BCUT2D eigenvalue weighted by Gasteiger charge is -2.33. The zero-order chi connectivity index (χ0) is 23.4. The molecular weight excluding hydrogens is 441 g/mol. The maximum absolute atomic E-state index is 14.2. The van der Waals surface area contributed by atoms with E-state index in [2.05, 4.69) is 27.0 Å². The van der Waals surface area contributed by atoms with Gasteiger partial charge >= 0.3 is 0 Å². The molecule has 2 aromatic carbocycles. The van der Waals surface area contributed by atoms with E-state index in [1.165, 1.54) is 12.1 Å². The Morgan fingerprint density at radius 2 is 1.85 bits per heavy atom. The van der Waals surface area contributed by atoms with Crippen molar-refractivity contribution in [3.05, 3.63) is 69.0 Å². The summed E-state index contributed by atoms with van der Waals surface area (Å²) in [5.74, 6) is -0.744. The second-order valence-corrected chi connectivity index (χ2v) is 8.55. The van der Waals surface area contributed by atoms with Gasteiger partial charge in [-0.25, -0.2) is 8.96 Å². The third-order valence-corrected chi connectivity index (χ3v) is 6.39. The number of H-pyrrole nitrogens is 1. The molecule has 33 heavy (non-hydrogen) atoms. The van der Waals surface area contributed by atoms with Crippen molar-refractivity contribution < 1.29 is 9.18 Å². The van der Waals surface area contributed by atoms with Crippen LogP contribution in [0, 0.1) is 10.6 Å². The number of benzene rings is 2. The first-order valence-corrected chi connectivity index (χ1v) is 11.7. The molecule has 3 aromatic rings. The van der Waals surface area contributed by atoms with E-state index in [9.17, 15) is 14.0 Å². The predicted octanol–water partition coefficient (Wildman–Crippen LogP) is 2.94. The van der Waals surface area contributed by atoms with Gasteiger partial charge in [-0.1, -0.05) is 19.1 Å². The van der Waals surface area contributed by atoms with Gasteiger partial charge in [-0.15, -0.1) is 0 Å². The van der Waals surface area contributed by atoms with Crippen LogP contribution in [0.1, 0.15) is 23.7 Å². The maximum atomic E-state index is 14.2. The highest BCUT2D eigenvalue weighted by atomic mass is 32.1. The predicted molar refractivity (Wildman–Crippen MR) is 130 cm³/mol. The second-order valence-electron chi connectivity index (χ2n) is 8.17. The Kier molecular flexibility index (Phi) is 7.32. The monoisotopic (exact) mass is 469 g/mol. The number of aromatic nitrogens is 2. The second kappa shape index (κ2) is 10.4. The molecule has 0 aliphatic carbocycles. The van der Waals surface area contributed by atoms with E-state index in [1.54, 1.807) is 30.3 Å². The largest absolute Gasteiger partial charge is 0.352 e. The minimum Gasteiger partial charge on any atom is -0.352 e. The maximum Gasteiger partial charge on any atom is 0.266 e. The highest BCUT2D eigenvalue weighted by Gasteiger charge is 2.16. The molecule has 1 fully saturated rings. The first-order chi connectivity index (χ1) is 16.0. The molecule has 2 heterocycles. The molecule has 2 N–H and O–H groups in total. The first kappa shape index (κ1) is 23.3. The number of para-hydroxylation sites is 1. The number of nitrogens with zero attached hydrogens (tertiary/aromatic N) is 3. The lowest BCUT2D eigenvalue weighted by molar-refractivity contribution is 0.0948. The Balaban J connectivity index is 1.42. The summed E-state index contributed by atoms with van der Waals surface area (Å²) in [6, 6.07) is 10.7. The summed E-state index contributed by atoms with van der Waals surface area (Å²) >= 11 is 5.31. The molecule has 7 nitrogen and oxygen atoms in total. The van der Waals surface area contributed by atoms with E-state index in [-0.39, 0.29) is 16.4 Å². The average Bonchev–Trinajstić information content (AvgIpc) is 2.83. The molecule has 1 aromatic heterocycles. The molecule has 0 radical (unpaired) electrons. The Morgan fingerprint density at radius 1 is 1.12 bits per heavy atom. The molecule has 1 aliphatic heterocycles. The minimum absolute atomic E-state index is 0.0679. The number of fused-ring (bicyclic) bond motifs is 1. The van der Waals surface area contributed by atoms with E-state index in [4.69, 9.17) is 12.2 Å². The molecule has 0 saturated carbocycles. The molecule has 1 aliphatic rings. The number of aromatic amines is 1. The molecule has 0 spiro atoms. The van der Waals surface area contributed by atoms with E-state index in [1.807, 2.05) is 0 Å². The lowest BCUT2D eigenvalue weighted by atomic mass is 10.1. The molecule has 9 heteroatoms. The molecule has 0 unspecified atom stereocenters.